The van der Waals surface area contributed by atoms with Gasteiger partial charge in [-0.2, -0.15) is 0 Å². The van der Waals surface area contributed by atoms with Gasteiger partial charge in [-0.25, -0.2) is 0 Å². The van der Waals surface area contributed by atoms with E-state index in [0.717, 1.165) is 31.4 Å². The Hall–Kier alpha value is -1.31. The molecule has 0 unspecified atom stereocenters. The molecule has 1 atom stereocenters. The number of rotatable bonds is 0. The van der Waals surface area contributed by atoms with Crippen LogP contribution in [0.15, 0.2) is 24.3 Å². The van der Waals surface area contributed by atoms with Gasteiger partial charge in [0.05, 0.1) is 0 Å². The Morgan fingerprint density at radius 3 is 2.86 bits per heavy atom. The third-order valence-corrected chi connectivity index (χ3v) is 3.42. The van der Waals surface area contributed by atoms with Crippen molar-refractivity contribution in [3.63, 3.8) is 0 Å². The summed E-state index contributed by atoms with van der Waals surface area (Å²) < 4.78 is 0. The van der Waals surface area contributed by atoms with Crippen LogP contribution in [-0.2, 0) is 10.3 Å². The lowest BCUT2D eigenvalue weighted by Crippen LogP contribution is -2.52. The van der Waals surface area contributed by atoms with E-state index in [1.165, 1.54) is 5.56 Å². The number of hydrogen-bond donors (Lipinski definition) is 1. The number of para-hydroxylation sites is 1. The van der Waals surface area contributed by atoms with Crippen molar-refractivity contribution >= 4 is 11.5 Å². The molecule has 1 saturated carbocycles. The minimum Gasteiger partial charge on any atom is -0.369 e. The highest BCUT2D eigenvalue weighted by molar-refractivity contribution is 5.99. The van der Waals surface area contributed by atoms with Gasteiger partial charge in [0.25, 0.3) is 0 Å². The van der Waals surface area contributed by atoms with Gasteiger partial charge in [0.1, 0.15) is 5.54 Å². The SMILES string of the molecule is O=C1CCCC[C@]12Nc1ccccc12. The Morgan fingerprint density at radius 2 is 2.07 bits per heavy atom. The van der Waals surface area contributed by atoms with E-state index in [-0.39, 0.29) is 5.54 Å². The summed E-state index contributed by atoms with van der Waals surface area (Å²) in [7, 11) is 0. The fourth-order valence-electron chi connectivity index (χ4n) is 2.64. The molecule has 0 aromatic heterocycles. The third-order valence-electron chi connectivity index (χ3n) is 3.42. The van der Waals surface area contributed by atoms with Crippen LogP contribution in [0.4, 0.5) is 5.69 Å². The van der Waals surface area contributed by atoms with Gasteiger partial charge in [-0.3, -0.25) is 4.79 Å². The van der Waals surface area contributed by atoms with Crippen LogP contribution in [-0.4, -0.2) is 5.78 Å². The zero-order valence-corrected chi connectivity index (χ0v) is 8.05. The Bertz CT molecular complexity index is 399. The predicted molar refractivity (Wildman–Crippen MR) is 55.2 cm³/mol. The molecule has 1 N–H and O–H groups in total. The fraction of sp³-hybridized carbons (Fsp3) is 0.417. The van der Waals surface area contributed by atoms with E-state index in [0.29, 0.717) is 5.78 Å². The second-order valence-corrected chi connectivity index (χ2v) is 4.21. The predicted octanol–water partition coefficient (Wildman–Crippen LogP) is 2.45. The summed E-state index contributed by atoms with van der Waals surface area (Å²) in [5, 5.41) is 3.34. The molecule has 1 aliphatic heterocycles. The van der Waals surface area contributed by atoms with E-state index < -0.39 is 0 Å². The van der Waals surface area contributed by atoms with Gasteiger partial charge in [-0.1, -0.05) is 18.2 Å². The van der Waals surface area contributed by atoms with Gasteiger partial charge < -0.3 is 5.32 Å². The number of anilines is 1. The summed E-state index contributed by atoms with van der Waals surface area (Å²) in [6, 6.07) is 8.15. The third kappa shape index (κ3) is 0.834. The smallest absolute Gasteiger partial charge is 0.162 e. The number of carbonyl (C=O) groups excluding carboxylic acids is 1. The van der Waals surface area contributed by atoms with Crippen LogP contribution in [0.2, 0.25) is 0 Å². The minimum atomic E-state index is -0.297. The van der Waals surface area contributed by atoms with E-state index in [2.05, 4.69) is 11.4 Å². The van der Waals surface area contributed by atoms with Gasteiger partial charge >= 0.3 is 0 Å². The Labute approximate surface area is 83.3 Å². The standard InChI is InChI=1S/C12H13NO/c14-11-7-3-4-8-12(11)9-5-1-2-6-10(9)13-12/h1-2,5-6,13H,3-4,7-8H2/t12-/m1/s1. The maximum absolute atomic E-state index is 11.9. The zero-order chi connectivity index (χ0) is 9.60. The summed E-state index contributed by atoms with van der Waals surface area (Å²) >= 11 is 0. The van der Waals surface area contributed by atoms with Crippen LogP contribution in [0.25, 0.3) is 0 Å². The highest BCUT2D eigenvalue weighted by Crippen LogP contribution is 2.47. The van der Waals surface area contributed by atoms with Crippen LogP contribution in [0, 0.1) is 0 Å². The highest BCUT2D eigenvalue weighted by atomic mass is 16.1. The molecule has 1 aliphatic carbocycles. The molecular formula is C12H13NO. The van der Waals surface area contributed by atoms with Gasteiger partial charge in [-0.05, 0) is 25.3 Å². The highest BCUT2D eigenvalue weighted by Gasteiger charge is 2.48. The average Bonchev–Trinajstić information content (AvgIpc) is 2.19. The van der Waals surface area contributed by atoms with Crippen molar-refractivity contribution in [2.75, 3.05) is 5.32 Å². The number of ketones is 1. The molecular weight excluding hydrogens is 174 g/mol. The monoisotopic (exact) mass is 187 g/mol. The molecule has 1 aromatic rings. The molecule has 72 valence electrons. The van der Waals surface area contributed by atoms with Gasteiger partial charge in [-0.15, -0.1) is 0 Å². The average molecular weight is 187 g/mol. The lowest BCUT2D eigenvalue weighted by molar-refractivity contribution is -0.126. The molecule has 2 heteroatoms. The molecule has 2 nitrogen and oxygen atoms in total. The summed E-state index contributed by atoms with van der Waals surface area (Å²) in [5.41, 5.74) is 2.06. The maximum Gasteiger partial charge on any atom is 0.162 e. The topological polar surface area (TPSA) is 29.1 Å². The van der Waals surface area contributed by atoms with Gasteiger partial charge in [0.2, 0.25) is 0 Å². The van der Waals surface area contributed by atoms with Crippen molar-refractivity contribution in [1.29, 1.82) is 0 Å². The van der Waals surface area contributed by atoms with Crippen molar-refractivity contribution < 1.29 is 4.79 Å². The lowest BCUT2D eigenvalue weighted by Gasteiger charge is -2.46. The van der Waals surface area contributed by atoms with Crippen LogP contribution in [0.5, 0.6) is 0 Å². The Morgan fingerprint density at radius 1 is 1.21 bits per heavy atom. The number of carbonyl (C=O) groups is 1. The lowest BCUT2D eigenvalue weighted by atomic mass is 9.70. The van der Waals surface area contributed by atoms with Gasteiger partial charge in [0.15, 0.2) is 5.78 Å². The summed E-state index contributed by atoms with van der Waals surface area (Å²) in [4.78, 5) is 11.9. The molecule has 0 radical (unpaired) electrons. The number of benzene rings is 1. The minimum absolute atomic E-state index is 0.297. The summed E-state index contributed by atoms with van der Waals surface area (Å²) in [5.74, 6) is 0.377. The first-order valence-electron chi connectivity index (χ1n) is 5.24. The van der Waals surface area contributed by atoms with Crippen molar-refractivity contribution in [3.05, 3.63) is 29.8 Å². The van der Waals surface area contributed by atoms with Crippen molar-refractivity contribution in [2.45, 2.75) is 31.2 Å². The van der Waals surface area contributed by atoms with Gasteiger partial charge in [0, 0.05) is 17.7 Å². The first-order chi connectivity index (χ1) is 6.83. The van der Waals surface area contributed by atoms with E-state index in [1.807, 2.05) is 18.2 Å². The Balaban J connectivity index is 2.05. The fourth-order valence-corrected chi connectivity index (χ4v) is 2.64. The summed E-state index contributed by atoms with van der Waals surface area (Å²) in [6.45, 7) is 0. The van der Waals surface area contributed by atoms with Crippen molar-refractivity contribution in [3.8, 4) is 0 Å². The first-order valence-corrected chi connectivity index (χ1v) is 5.24. The molecule has 1 heterocycles. The van der Waals surface area contributed by atoms with Crippen LogP contribution < -0.4 is 5.32 Å². The van der Waals surface area contributed by atoms with Crippen molar-refractivity contribution in [2.24, 2.45) is 0 Å². The van der Waals surface area contributed by atoms with E-state index in [1.54, 1.807) is 0 Å². The summed E-state index contributed by atoms with van der Waals surface area (Å²) in [6.07, 6.45) is 3.93. The second-order valence-electron chi connectivity index (χ2n) is 4.21. The first kappa shape index (κ1) is 8.04. The maximum atomic E-state index is 11.9. The Kier molecular flexibility index (Phi) is 1.49. The molecule has 0 bridgehead atoms. The number of Topliss-reactive ketones (excluding diaryl/α,β-unsaturated/α-hetero) is 1. The molecule has 1 aromatic carbocycles. The van der Waals surface area contributed by atoms with Crippen molar-refractivity contribution in [1.82, 2.24) is 0 Å². The molecule has 1 spiro atoms. The van der Waals surface area contributed by atoms with E-state index >= 15 is 0 Å². The van der Waals surface area contributed by atoms with Crippen LogP contribution in [0.1, 0.15) is 31.2 Å². The van der Waals surface area contributed by atoms with Crippen LogP contribution in [0.3, 0.4) is 0 Å². The zero-order valence-electron chi connectivity index (χ0n) is 8.05. The number of nitrogens with one attached hydrogen (secondary N) is 1. The number of hydrogen-bond acceptors (Lipinski definition) is 2. The van der Waals surface area contributed by atoms with E-state index in [9.17, 15) is 4.79 Å². The van der Waals surface area contributed by atoms with Crippen LogP contribution >= 0.6 is 0 Å². The normalized spacial score (nSPS) is 29.3. The molecule has 1 fully saturated rings. The molecule has 3 rings (SSSR count). The molecule has 0 saturated heterocycles. The molecule has 14 heavy (non-hydrogen) atoms. The molecule has 0 amide bonds. The molecule has 2 aliphatic rings. The quantitative estimate of drug-likeness (QED) is 0.676. The largest absolute Gasteiger partial charge is 0.369 e. The second kappa shape index (κ2) is 2.59. The van der Waals surface area contributed by atoms with E-state index in [4.69, 9.17) is 0 Å². The number of fused-ring (bicyclic) bond motifs is 2.